The third-order valence-electron chi connectivity index (χ3n) is 6.57. The maximum Gasteiger partial charge on any atom is 0.257 e. The van der Waals surface area contributed by atoms with Gasteiger partial charge in [0.1, 0.15) is 5.56 Å². The Balaban J connectivity index is 1.47. The molecule has 1 N–H and O–H groups in total. The quantitative estimate of drug-likeness (QED) is 0.274. The van der Waals surface area contributed by atoms with Crippen LogP contribution in [0, 0.1) is 19.7 Å². The lowest BCUT2D eigenvalue weighted by atomic mass is 9.99. The maximum absolute atomic E-state index is 15.2. The zero-order valence-electron chi connectivity index (χ0n) is 20.2. The number of carbonyl (C=O) groups excluding carboxylic acids is 1. The Hall–Kier alpha value is -3.51. The van der Waals surface area contributed by atoms with Crippen LogP contribution in [0.4, 0.5) is 4.39 Å². The standard InChI is InChI=1S/C29H27ClFN3O2/c1-17-10-11-20(18(2)14-17)15-21(16-30)32-28(35)26-23-6-3-4-8-24(23)33-34-29(26)36-25-9-5-7-22(27(25)31)19-12-13-19/h3-11,14,19,21H,12-13,15-16H2,1-2H3,(H,32,35). The Morgan fingerprint density at radius 3 is 2.67 bits per heavy atom. The van der Waals surface area contributed by atoms with E-state index >= 15 is 4.39 Å². The lowest BCUT2D eigenvalue weighted by Gasteiger charge is -2.19. The smallest absolute Gasteiger partial charge is 0.257 e. The second kappa shape index (κ2) is 10.2. The number of hydrogen-bond acceptors (Lipinski definition) is 4. The fraction of sp³-hybridized carbons (Fsp3) is 0.276. The first-order valence-corrected chi connectivity index (χ1v) is 12.6. The number of halogens is 2. The predicted octanol–water partition coefficient (Wildman–Crippen LogP) is 6.64. The van der Waals surface area contributed by atoms with E-state index in [9.17, 15) is 4.79 Å². The molecule has 1 saturated carbocycles. The summed E-state index contributed by atoms with van der Waals surface area (Å²) in [6.45, 7) is 4.09. The van der Waals surface area contributed by atoms with Gasteiger partial charge in [0.15, 0.2) is 11.6 Å². The number of nitrogens with one attached hydrogen (secondary N) is 1. The Bertz CT molecular complexity index is 1440. The van der Waals surface area contributed by atoms with E-state index in [0.29, 0.717) is 22.9 Å². The normalized spacial score (nSPS) is 14.0. The van der Waals surface area contributed by atoms with Crippen molar-refractivity contribution in [3.63, 3.8) is 0 Å². The Kier molecular flexibility index (Phi) is 6.88. The average Bonchev–Trinajstić information content (AvgIpc) is 3.71. The van der Waals surface area contributed by atoms with Crippen LogP contribution in [0.15, 0.2) is 60.7 Å². The summed E-state index contributed by atoms with van der Waals surface area (Å²) in [7, 11) is 0. The number of rotatable bonds is 8. The summed E-state index contributed by atoms with van der Waals surface area (Å²) in [5, 5.41) is 12.0. The number of alkyl halides is 1. The molecule has 184 valence electrons. The van der Waals surface area contributed by atoms with E-state index in [4.69, 9.17) is 16.3 Å². The molecule has 1 aromatic heterocycles. The molecule has 1 unspecified atom stereocenters. The molecular weight excluding hydrogens is 477 g/mol. The highest BCUT2D eigenvalue weighted by molar-refractivity contribution is 6.18. The molecule has 1 fully saturated rings. The summed E-state index contributed by atoms with van der Waals surface area (Å²) >= 11 is 6.27. The summed E-state index contributed by atoms with van der Waals surface area (Å²) in [4.78, 5) is 13.6. The molecule has 0 bridgehead atoms. The van der Waals surface area contributed by atoms with Crippen LogP contribution in [0.2, 0.25) is 0 Å². The number of aryl methyl sites for hydroxylation is 2. The summed E-state index contributed by atoms with van der Waals surface area (Å²) in [5.41, 5.74) is 4.80. The molecule has 1 atom stereocenters. The summed E-state index contributed by atoms with van der Waals surface area (Å²) in [6.07, 6.45) is 2.50. The molecule has 5 nitrogen and oxygen atoms in total. The highest BCUT2D eigenvalue weighted by atomic mass is 35.5. The lowest BCUT2D eigenvalue weighted by molar-refractivity contribution is 0.0939. The van der Waals surface area contributed by atoms with Crippen molar-refractivity contribution in [2.45, 2.75) is 45.1 Å². The molecule has 4 aromatic rings. The molecule has 1 heterocycles. The molecule has 0 radical (unpaired) electrons. The molecule has 3 aromatic carbocycles. The Labute approximate surface area is 214 Å². The largest absolute Gasteiger partial charge is 0.434 e. The van der Waals surface area contributed by atoms with Gasteiger partial charge in [-0.15, -0.1) is 21.8 Å². The maximum atomic E-state index is 15.2. The molecule has 7 heteroatoms. The number of carbonyl (C=O) groups is 1. The highest BCUT2D eigenvalue weighted by Gasteiger charge is 2.29. The van der Waals surface area contributed by atoms with Crippen molar-refractivity contribution in [3.8, 4) is 11.6 Å². The van der Waals surface area contributed by atoms with E-state index in [1.54, 1.807) is 30.3 Å². The number of amides is 1. The van der Waals surface area contributed by atoms with Gasteiger partial charge in [-0.3, -0.25) is 4.79 Å². The van der Waals surface area contributed by atoms with E-state index in [-0.39, 0.29) is 35.0 Å². The summed E-state index contributed by atoms with van der Waals surface area (Å²) in [5.74, 6) is -0.391. The van der Waals surface area contributed by atoms with Crippen molar-refractivity contribution in [2.24, 2.45) is 0 Å². The van der Waals surface area contributed by atoms with Crippen LogP contribution < -0.4 is 10.1 Å². The van der Waals surface area contributed by atoms with Gasteiger partial charge in [-0.1, -0.05) is 54.1 Å². The van der Waals surface area contributed by atoms with Crippen molar-refractivity contribution in [3.05, 3.63) is 94.3 Å². The number of aromatic nitrogens is 2. The fourth-order valence-electron chi connectivity index (χ4n) is 4.49. The number of nitrogens with zero attached hydrogens (tertiary/aromatic N) is 2. The van der Waals surface area contributed by atoms with Gasteiger partial charge in [-0.05, 0) is 67.9 Å². The molecule has 36 heavy (non-hydrogen) atoms. The van der Waals surface area contributed by atoms with Crippen molar-refractivity contribution >= 4 is 28.4 Å². The van der Waals surface area contributed by atoms with Crippen molar-refractivity contribution in [1.82, 2.24) is 15.5 Å². The molecule has 1 aliphatic carbocycles. The second-order valence-corrected chi connectivity index (χ2v) is 9.70. The first-order valence-electron chi connectivity index (χ1n) is 12.1. The second-order valence-electron chi connectivity index (χ2n) is 9.39. The monoisotopic (exact) mass is 503 g/mol. The molecule has 0 aliphatic heterocycles. The van der Waals surface area contributed by atoms with Gasteiger partial charge in [-0.25, -0.2) is 4.39 Å². The van der Waals surface area contributed by atoms with Crippen LogP contribution in [0.1, 0.15) is 51.4 Å². The molecule has 5 rings (SSSR count). The minimum absolute atomic E-state index is 0.0298. The van der Waals surface area contributed by atoms with E-state index in [1.807, 2.05) is 32.0 Å². The zero-order valence-corrected chi connectivity index (χ0v) is 21.0. The molecule has 0 spiro atoms. The molecule has 1 aliphatic rings. The number of benzene rings is 3. The van der Waals surface area contributed by atoms with Crippen LogP contribution >= 0.6 is 11.6 Å². The van der Waals surface area contributed by atoms with Crippen LogP contribution in [0.5, 0.6) is 11.6 Å². The first-order chi connectivity index (χ1) is 17.4. The molecular formula is C29H27ClFN3O2. The lowest BCUT2D eigenvalue weighted by Crippen LogP contribution is -2.38. The van der Waals surface area contributed by atoms with E-state index in [0.717, 1.165) is 24.0 Å². The highest BCUT2D eigenvalue weighted by Crippen LogP contribution is 2.43. The van der Waals surface area contributed by atoms with Crippen molar-refractivity contribution in [1.29, 1.82) is 0 Å². The minimum atomic E-state index is -0.421. The predicted molar refractivity (Wildman–Crippen MR) is 140 cm³/mol. The van der Waals surface area contributed by atoms with Gasteiger partial charge < -0.3 is 10.1 Å². The molecule has 1 amide bonds. The number of fused-ring (bicyclic) bond motifs is 1. The van der Waals surface area contributed by atoms with Crippen molar-refractivity contribution < 1.29 is 13.9 Å². The number of ether oxygens (including phenoxy) is 1. The summed E-state index contributed by atoms with van der Waals surface area (Å²) < 4.78 is 21.1. The zero-order chi connectivity index (χ0) is 25.2. The van der Waals surface area contributed by atoms with Crippen LogP contribution in [-0.4, -0.2) is 28.0 Å². The van der Waals surface area contributed by atoms with Gasteiger partial charge in [0.25, 0.3) is 11.8 Å². The van der Waals surface area contributed by atoms with Gasteiger partial charge >= 0.3 is 0 Å². The van der Waals surface area contributed by atoms with Crippen LogP contribution in [0.3, 0.4) is 0 Å². The van der Waals surface area contributed by atoms with E-state index in [2.05, 4.69) is 27.6 Å². The van der Waals surface area contributed by atoms with E-state index < -0.39 is 11.7 Å². The minimum Gasteiger partial charge on any atom is -0.434 e. The SMILES string of the molecule is Cc1ccc(CC(CCl)NC(=O)c2c(Oc3cccc(C4CC4)c3F)nnc3ccccc23)c(C)c1. The van der Waals surface area contributed by atoms with Gasteiger partial charge in [0.2, 0.25) is 0 Å². The average molecular weight is 504 g/mol. The van der Waals surface area contributed by atoms with Crippen LogP contribution in [-0.2, 0) is 6.42 Å². The Morgan fingerprint density at radius 1 is 1.11 bits per heavy atom. The van der Waals surface area contributed by atoms with Gasteiger partial charge in [0, 0.05) is 17.3 Å². The van der Waals surface area contributed by atoms with Gasteiger partial charge in [0.05, 0.1) is 5.52 Å². The van der Waals surface area contributed by atoms with E-state index in [1.165, 1.54) is 5.56 Å². The topological polar surface area (TPSA) is 64.1 Å². The van der Waals surface area contributed by atoms with Crippen molar-refractivity contribution in [2.75, 3.05) is 5.88 Å². The first kappa shape index (κ1) is 24.2. The Morgan fingerprint density at radius 2 is 1.92 bits per heavy atom. The fourth-order valence-corrected chi connectivity index (χ4v) is 4.68. The third-order valence-corrected chi connectivity index (χ3v) is 6.94. The van der Waals surface area contributed by atoms with Gasteiger partial charge in [-0.2, -0.15) is 0 Å². The van der Waals surface area contributed by atoms with Crippen LogP contribution in [0.25, 0.3) is 10.9 Å². The molecule has 0 saturated heterocycles. The third kappa shape index (κ3) is 5.05. The number of hydrogen-bond donors (Lipinski definition) is 1. The summed E-state index contributed by atoms with van der Waals surface area (Å²) in [6, 6.07) is 18.2.